The average molecular weight is 447 g/mol. The Balaban J connectivity index is 1.22. The molecule has 29 heavy (non-hydrogen) atoms. The largest absolute Gasteiger partial charge is 0.467 e. The standard InChI is InChI=1S/C22H23ClN2O2S2/c1-15-5-7-17(8-6-15)28-14-11-20(26)25-12-9-16(10-13-25)27-22-24-21-18(23)3-2-4-19(21)29-22/h2-8,16H,9-14H2,1H3. The number of carbonyl (C=O) groups is 1. The van der Waals surface area contributed by atoms with Gasteiger partial charge in [0.15, 0.2) is 0 Å². The van der Waals surface area contributed by atoms with Crippen LogP contribution in [-0.2, 0) is 4.79 Å². The first kappa shape index (κ1) is 20.5. The third kappa shape index (κ3) is 5.24. The fraction of sp³-hybridized carbons (Fsp3) is 0.364. The predicted molar refractivity (Wildman–Crippen MR) is 121 cm³/mol. The van der Waals surface area contributed by atoms with E-state index in [0.29, 0.717) is 16.6 Å². The Bertz CT molecular complexity index is 982. The number of hydrogen-bond donors (Lipinski definition) is 0. The van der Waals surface area contributed by atoms with Crippen molar-refractivity contribution in [1.29, 1.82) is 0 Å². The summed E-state index contributed by atoms with van der Waals surface area (Å²) in [4.78, 5) is 20.2. The Kier molecular flexibility index (Phi) is 6.63. The van der Waals surface area contributed by atoms with Crippen molar-refractivity contribution in [3.8, 4) is 5.19 Å². The number of amides is 1. The predicted octanol–water partition coefficient (Wildman–Crippen LogP) is 5.81. The van der Waals surface area contributed by atoms with Crippen molar-refractivity contribution in [1.82, 2.24) is 9.88 Å². The molecule has 1 aliphatic rings. The normalized spacial score (nSPS) is 15.0. The number of fused-ring (bicyclic) bond motifs is 1. The van der Waals surface area contributed by atoms with Gasteiger partial charge in [0.05, 0.1) is 9.72 Å². The topological polar surface area (TPSA) is 42.4 Å². The van der Waals surface area contributed by atoms with Crippen LogP contribution in [0.25, 0.3) is 10.2 Å². The maximum absolute atomic E-state index is 12.5. The highest BCUT2D eigenvalue weighted by Crippen LogP contribution is 2.33. The average Bonchev–Trinajstić information content (AvgIpc) is 3.14. The van der Waals surface area contributed by atoms with Crippen molar-refractivity contribution in [2.75, 3.05) is 18.8 Å². The van der Waals surface area contributed by atoms with E-state index in [4.69, 9.17) is 16.3 Å². The first-order valence-corrected chi connectivity index (χ1v) is 12.0. The maximum Gasteiger partial charge on any atom is 0.274 e. The van der Waals surface area contributed by atoms with E-state index in [9.17, 15) is 4.79 Å². The second-order valence-corrected chi connectivity index (χ2v) is 9.74. The first-order chi connectivity index (χ1) is 14.1. The minimum atomic E-state index is 0.0975. The first-order valence-electron chi connectivity index (χ1n) is 9.77. The van der Waals surface area contributed by atoms with Crippen molar-refractivity contribution in [2.24, 2.45) is 0 Å². The molecule has 1 amide bonds. The van der Waals surface area contributed by atoms with Crippen molar-refractivity contribution in [3.63, 3.8) is 0 Å². The molecule has 0 spiro atoms. The third-order valence-corrected chi connectivity index (χ3v) is 7.25. The summed E-state index contributed by atoms with van der Waals surface area (Å²) in [6.07, 6.45) is 2.34. The van der Waals surface area contributed by atoms with E-state index in [0.717, 1.165) is 41.9 Å². The molecule has 0 saturated carbocycles. The Hall–Kier alpha value is -1.76. The number of thiazole rings is 1. The highest BCUT2D eigenvalue weighted by molar-refractivity contribution is 7.99. The van der Waals surface area contributed by atoms with Gasteiger partial charge in [-0.1, -0.05) is 46.7 Å². The lowest BCUT2D eigenvalue weighted by atomic mass is 10.1. The van der Waals surface area contributed by atoms with Gasteiger partial charge in [-0.3, -0.25) is 4.79 Å². The van der Waals surface area contributed by atoms with E-state index < -0.39 is 0 Å². The summed E-state index contributed by atoms with van der Waals surface area (Å²) < 4.78 is 7.11. The van der Waals surface area contributed by atoms with Crippen LogP contribution >= 0.6 is 34.7 Å². The van der Waals surface area contributed by atoms with Crippen molar-refractivity contribution in [3.05, 3.63) is 53.1 Å². The summed E-state index contributed by atoms with van der Waals surface area (Å²) in [5.41, 5.74) is 2.05. The second-order valence-electron chi connectivity index (χ2n) is 7.18. The van der Waals surface area contributed by atoms with Gasteiger partial charge >= 0.3 is 0 Å². The molecule has 7 heteroatoms. The number of carbonyl (C=O) groups excluding carboxylic acids is 1. The summed E-state index contributed by atoms with van der Waals surface area (Å²) in [7, 11) is 0. The zero-order valence-electron chi connectivity index (χ0n) is 16.3. The van der Waals surface area contributed by atoms with Crippen LogP contribution in [0.5, 0.6) is 5.19 Å². The number of nitrogens with zero attached hydrogens (tertiary/aromatic N) is 2. The smallest absolute Gasteiger partial charge is 0.274 e. The van der Waals surface area contributed by atoms with Crippen molar-refractivity contribution in [2.45, 2.75) is 37.2 Å². The van der Waals surface area contributed by atoms with Crippen LogP contribution in [0.4, 0.5) is 0 Å². The molecule has 0 bridgehead atoms. The summed E-state index contributed by atoms with van der Waals surface area (Å²) in [5, 5.41) is 1.31. The van der Waals surface area contributed by atoms with Crippen LogP contribution in [0, 0.1) is 6.92 Å². The Morgan fingerprint density at radius 3 is 2.72 bits per heavy atom. The Morgan fingerprint density at radius 1 is 1.24 bits per heavy atom. The van der Waals surface area contributed by atoms with E-state index in [1.54, 1.807) is 11.8 Å². The van der Waals surface area contributed by atoms with E-state index in [2.05, 4.69) is 36.2 Å². The van der Waals surface area contributed by atoms with Gasteiger partial charge in [-0.2, -0.15) is 0 Å². The summed E-state index contributed by atoms with van der Waals surface area (Å²) >= 11 is 9.46. The molecule has 0 unspecified atom stereocenters. The number of ether oxygens (including phenoxy) is 1. The molecule has 3 aromatic rings. The number of hydrogen-bond acceptors (Lipinski definition) is 5. The third-order valence-electron chi connectivity index (χ3n) is 5.02. The highest BCUT2D eigenvalue weighted by atomic mass is 35.5. The van der Waals surface area contributed by atoms with Crippen LogP contribution in [0.2, 0.25) is 5.02 Å². The van der Waals surface area contributed by atoms with Crippen molar-refractivity contribution >= 4 is 50.8 Å². The molecule has 152 valence electrons. The minimum absolute atomic E-state index is 0.0975. The number of aromatic nitrogens is 1. The quantitative estimate of drug-likeness (QED) is 0.448. The zero-order valence-corrected chi connectivity index (χ0v) is 18.7. The monoisotopic (exact) mass is 446 g/mol. The molecule has 0 radical (unpaired) electrons. The number of halogens is 1. The van der Waals surface area contributed by atoms with Gasteiger partial charge in [0, 0.05) is 43.0 Å². The van der Waals surface area contributed by atoms with Gasteiger partial charge in [-0.15, -0.1) is 11.8 Å². The molecule has 1 fully saturated rings. The number of rotatable bonds is 6. The maximum atomic E-state index is 12.5. The van der Waals surface area contributed by atoms with E-state index >= 15 is 0 Å². The number of benzene rings is 2. The number of piperidine rings is 1. The number of likely N-dealkylation sites (tertiary alicyclic amines) is 1. The summed E-state index contributed by atoms with van der Waals surface area (Å²) in [5.74, 6) is 1.04. The van der Waals surface area contributed by atoms with Gasteiger partial charge in [0.1, 0.15) is 11.6 Å². The SMILES string of the molecule is Cc1ccc(SCCC(=O)N2CCC(Oc3nc4c(Cl)cccc4s3)CC2)cc1. The molecular weight excluding hydrogens is 424 g/mol. The van der Waals surface area contributed by atoms with Gasteiger partial charge in [0.25, 0.3) is 5.19 Å². The van der Waals surface area contributed by atoms with Crippen LogP contribution in [-0.4, -0.2) is 40.7 Å². The van der Waals surface area contributed by atoms with Crippen LogP contribution in [0.15, 0.2) is 47.4 Å². The molecule has 1 aromatic heterocycles. The molecule has 0 N–H and O–H groups in total. The van der Waals surface area contributed by atoms with Crippen LogP contribution in [0.3, 0.4) is 0 Å². The Morgan fingerprint density at radius 2 is 2.00 bits per heavy atom. The van der Waals surface area contributed by atoms with Gasteiger partial charge in [0.2, 0.25) is 5.91 Å². The zero-order chi connectivity index (χ0) is 20.2. The van der Waals surface area contributed by atoms with Gasteiger partial charge < -0.3 is 9.64 Å². The summed E-state index contributed by atoms with van der Waals surface area (Å²) in [6, 6.07) is 14.2. The van der Waals surface area contributed by atoms with E-state index in [-0.39, 0.29) is 12.0 Å². The second kappa shape index (κ2) is 9.37. The highest BCUT2D eigenvalue weighted by Gasteiger charge is 2.24. The summed E-state index contributed by atoms with van der Waals surface area (Å²) in [6.45, 7) is 3.56. The lowest BCUT2D eigenvalue weighted by molar-refractivity contribution is -0.132. The molecule has 1 aliphatic heterocycles. The van der Waals surface area contributed by atoms with Crippen LogP contribution in [0.1, 0.15) is 24.8 Å². The lowest BCUT2D eigenvalue weighted by Gasteiger charge is -2.31. The fourth-order valence-electron chi connectivity index (χ4n) is 3.36. The Labute approximate surface area is 184 Å². The number of thioether (sulfide) groups is 1. The van der Waals surface area contributed by atoms with Gasteiger partial charge in [-0.05, 0) is 31.2 Å². The lowest BCUT2D eigenvalue weighted by Crippen LogP contribution is -2.41. The van der Waals surface area contributed by atoms with E-state index in [1.165, 1.54) is 21.8 Å². The van der Waals surface area contributed by atoms with Gasteiger partial charge in [-0.25, -0.2) is 4.98 Å². The molecular formula is C22H23ClN2O2S2. The number of para-hydroxylation sites is 1. The van der Waals surface area contributed by atoms with Crippen molar-refractivity contribution < 1.29 is 9.53 Å². The minimum Gasteiger partial charge on any atom is -0.467 e. The van der Waals surface area contributed by atoms with E-state index in [1.807, 2.05) is 23.1 Å². The molecule has 0 aliphatic carbocycles. The number of aryl methyl sites for hydroxylation is 1. The molecule has 2 heterocycles. The van der Waals surface area contributed by atoms with Crippen LogP contribution < -0.4 is 4.74 Å². The molecule has 2 aromatic carbocycles. The molecule has 4 nitrogen and oxygen atoms in total. The fourth-order valence-corrected chi connectivity index (χ4v) is 5.38. The molecule has 4 rings (SSSR count). The molecule has 0 atom stereocenters. The molecule has 1 saturated heterocycles.